The van der Waals surface area contributed by atoms with Crippen molar-refractivity contribution in [3.63, 3.8) is 0 Å². The molecule has 0 spiro atoms. The molecule has 1 aromatic carbocycles. The fraction of sp³-hybridized carbons (Fsp3) is 0.143. The van der Waals surface area contributed by atoms with Crippen LogP contribution in [0.1, 0.15) is 11.3 Å². The second-order valence-corrected chi connectivity index (χ2v) is 4.90. The number of anilines is 1. The molecule has 0 radical (unpaired) electrons. The summed E-state index contributed by atoms with van der Waals surface area (Å²) in [6.45, 7) is 1.86. The zero-order valence-corrected chi connectivity index (χ0v) is 11.8. The second-order valence-electron chi connectivity index (χ2n) is 4.09. The van der Waals surface area contributed by atoms with Gasteiger partial charge in [0, 0.05) is 15.7 Å². The van der Waals surface area contributed by atoms with Gasteiger partial charge in [0.15, 0.2) is 0 Å². The maximum atomic E-state index is 11.9. The van der Waals surface area contributed by atoms with Gasteiger partial charge in [0.25, 0.3) is 0 Å². The molecule has 0 aliphatic heterocycles. The molecular weight excluding hydrogens is 283 g/mol. The Labute approximate surface area is 121 Å². The summed E-state index contributed by atoms with van der Waals surface area (Å²) in [7, 11) is 0. The van der Waals surface area contributed by atoms with Crippen LogP contribution < -0.4 is 5.32 Å². The number of carbonyl (C=O) groups excluding carboxylic acids is 1. The number of aromatic nitrogens is 1. The summed E-state index contributed by atoms with van der Waals surface area (Å²) >= 11 is 12.0. The Hall–Kier alpha value is -1.58. The van der Waals surface area contributed by atoms with Crippen molar-refractivity contribution in [1.29, 1.82) is 0 Å². The zero-order valence-electron chi connectivity index (χ0n) is 10.3. The van der Waals surface area contributed by atoms with E-state index >= 15 is 0 Å². The van der Waals surface area contributed by atoms with Crippen molar-refractivity contribution in [1.82, 2.24) is 4.98 Å². The summed E-state index contributed by atoms with van der Waals surface area (Å²) in [4.78, 5) is 16.1. The van der Waals surface area contributed by atoms with Crippen molar-refractivity contribution >= 4 is 34.9 Å². The molecule has 0 bridgehead atoms. The third kappa shape index (κ3) is 3.69. The number of aryl methyl sites for hydroxylation is 1. The normalized spacial score (nSPS) is 10.3. The monoisotopic (exact) mass is 294 g/mol. The highest BCUT2D eigenvalue weighted by molar-refractivity contribution is 6.36. The molecule has 2 aromatic rings. The number of benzene rings is 1. The molecule has 0 unspecified atom stereocenters. The van der Waals surface area contributed by atoms with E-state index in [1.54, 1.807) is 24.3 Å². The average Bonchev–Trinajstić information content (AvgIpc) is 2.34. The number of rotatable bonds is 3. The van der Waals surface area contributed by atoms with Crippen LogP contribution >= 0.6 is 23.2 Å². The van der Waals surface area contributed by atoms with Crippen LogP contribution in [0, 0.1) is 6.92 Å². The van der Waals surface area contributed by atoms with E-state index in [1.807, 2.05) is 19.1 Å². The van der Waals surface area contributed by atoms with Gasteiger partial charge in [-0.2, -0.15) is 0 Å². The summed E-state index contributed by atoms with van der Waals surface area (Å²) in [5.41, 5.74) is 1.46. The molecule has 0 fully saturated rings. The van der Waals surface area contributed by atoms with E-state index in [4.69, 9.17) is 23.2 Å². The van der Waals surface area contributed by atoms with E-state index in [9.17, 15) is 4.79 Å². The summed E-state index contributed by atoms with van der Waals surface area (Å²) in [5.74, 6) is 0.321. The summed E-state index contributed by atoms with van der Waals surface area (Å²) in [5, 5.41) is 3.69. The van der Waals surface area contributed by atoms with Gasteiger partial charge in [-0.05, 0) is 36.8 Å². The number of hydrogen-bond acceptors (Lipinski definition) is 2. The molecule has 1 N–H and O–H groups in total. The van der Waals surface area contributed by atoms with Crippen LogP contribution in [-0.4, -0.2) is 10.9 Å². The maximum absolute atomic E-state index is 11.9. The lowest BCUT2D eigenvalue weighted by Gasteiger charge is -2.08. The minimum atomic E-state index is -0.201. The number of amides is 1. The number of pyridine rings is 1. The number of halogens is 2. The summed E-state index contributed by atoms with van der Waals surface area (Å²) in [6, 6.07) is 10.6. The molecular formula is C14H12Cl2N2O. The molecule has 19 heavy (non-hydrogen) atoms. The Morgan fingerprint density at radius 3 is 2.42 bits per heavy atom. The van der Waals surface area contributed by atoms with E-state index in [-0.39, 0.29) is 12.3 Å². The Bertz CT molecular complexity index is 594. The fourth-order valence-electron chi connectivity index (χ4n) is 1.66. The average molecular weight is 295 g/mol. The molecule has 2 rings (SSSR count). The van der Waals surface area contributed by atoms with E-state index < -0.39 is 0 Å². The molecule has 0 saturated heterocycles. The van der Waals surface area contributed by atoms with Crippen molar-refractivity contribution in [2.45, 2.75) is 13.3 Å². The molecule has 1 amide bonds. The first-order chi connectivity index (χ1) is 9.06. The lowest BCUT2D eigenvalue weighted by molar-refractivity contribution is -0.115. The van der Waals surface area contributed by atoms with Crippen LogP contribution in [0.3, 0.4) is 0 Å². The summed E-state index contributed by atoms with van der Waals surface area (Å²) in [6.07, 6.45) is 0.119. The van der Waals surface area contributed by atoms with Gasteiger partial charge in [0.1, 0.15) is 5.82 Å². The molecule has 3 nitrogen and oxygen atoms in total. The van der Waals surface area contributed by atoms with Gasteiger partial charge < -0.3 is 5.32 Å². The van der Waals surface area contributed by atoms with Gasteiger partial charge in [0.2, 0.25) is 5.91 Å². The Kier molecular flexibility index (Phi) is 4.40. The topological polar surface area (TPSA) is 42.0 Å². The van der Waals surface area contributed by atoms with E-state index in [0.29, 0.717) is 21.4 Å². The SMILES string of the molecule is Cc1cccc(NC(=O)Cc2c(Cl)cccc2Cl)n1. The summed E-state index contributed by atoms with van der Waals surface area (Å²) < 4.78 is 0. The molecule has 1 heterocycles. The Morgan fingerprint density at radius 1 is 1.16 bits per heavy atom. The first-order valence-electron chi connectivity index (χ1n) is 5.72. The van der Waals surface area contributed by atoms with Crippen LogP contribution in [0.5, 0.6) is 0 Å². The fourth-order valence-corrected chi connectivity index (χ4v) is 2.19. The van der Waals surface area contributed by atoms with Crippen molar-refractivity contribution in [3.05, 3.63) is 57.7 Å². The lowest BCUT2D eigenvalue weighted by Crippen LogP contribution is -2.16. The Balaban J connectivity index is 2.10. The number of nitrogens with one attached hydrogen (secondary N) is 1. The van der Waals surface area contributed by atoms with Crippen molar-refractivity contribution in [2.75, 3.05) is 5.32 Å². The largest absolute Gasteiger partial charge is 0.310 e. The van der Waals surface area contributed by atoms with Crippen molar-refractivity contribution < 1.29 is 4.79 Å². The zero-order chi connectivity index (χ0) is 13.8. The van der Waals surface area contributed by atoms with E-state index in [0.717, 1.165) is 5.69 Å². The van der Waals surface area contributed by atoms with E-state index in [2.05, 4.69) is 10.3 Å². The number of hydrogen-bond donors (Lipinski definition) is 1. The van der Waals surface area contributed by atoms with E-state index in [1.165, 1.54) is 0 Å². The smallest absolute Gasteiger partial charge is 0.230 e. The standard InChI is InChI=1S/C14H12Cl2N2O/c1-9-4-2-7-13(17-9)18-14(19)8-10-11(15)5-3-6-12(10)16/h2-7H,8H2,1H3,(H,17,18,19). The third-order valence-corrected chi connectivity index (χ3v) is 3.26. The van der Waals surface area contributed by atoms with Gasteiger partial charge in [0.05, 0.1) is 6.42 Å². The van der Waals surface area contributed by atoms with Gasteiger partial charge in [-0.15, -0.1) is 0 Å². The van der Waals surface area contributed by atoms with Crippen LogP contribution in [0.15, 0.2) is 36.4 Å². The minimum Gasteiger partial charge on any atom is -0.310 e. The molecule has 0 aliphatic carbocycles. The second kappa shape index (κ2) is 6.04. The van der Waals surface area contributed by atoms with Crippen LogP contribution in [0.4, 0.5) is 5.82 Å². The third-order valence-electron chi connectivity index (χ3n) is 2.55. The first kappa shape index (κ1) is 13.8. The van der Waals surface area contributed by atoms with Crippen LogP contribution in [0.25, 0.3) is 0 Å². The van der Waals surface area contributed by atoms with Crippen LogP contribution in [0.2, 0.25) is 10.0 Å². The maximum Gasteiger partial charge on any atom is 0.230 e. The molecule has 1 aromatic heterocycles. The lowest BCUT2D eigenvalue weighted by atomic mass is 10.1. The van der Waals surface area contributed by atoms with Gasteiger partial charge in [-0.3, -0.25) is 4.79 Å². The molecule has 5 heteroatoms. The van der Waals surface area contributed by atoms with Gasteiger partial charge in [-0.1, -0.05) is 35.3 Å². The van der Waals surface area contributed by atoms with Crippen molar-refractivity contribution in [2.24, 2.45) is 0 Å². The highest BCUT2D eigenvalue weighted by Crippen LogP contribution is 2.24. The highest BCUT2D eigenvalue weighted by atomic mass is 35.5. The van der Waals surface area contributed by atoms with Gasteiger partial charge in [-0.25, -0.2) is 4.98 Å². The molecule has 98 valence electrons. The molecule has 0 atom stereocenters. The Morgan fingerprint density at radius 2 is 1.79 bits per heavy atom. The number of nitrogens with zero attached hydrogens (tertiary/aromatic N) is 1. The molecule has 0 aliphatic rings. The van der Waals surface area contributed by atoms with Crippen molar-refractivity contribution in [3.8, 4) is 0 Å². The van der Waals surface area contributed by atoms with Gasteiger partial charge >= 0.3 is 0 Å². The predicted molar refractivity (Wildman–Crippen MR) is 77.8 cm³/mol. The molecule has 0 saturated carbocycles. The number of carbonyl (C=O) groups is 1. The quantitative estimate of drug-likeness (QED) is 0.933. The predicted octanol–water partition coefficient (Wildman–Crippen LogP) is 3.88. The minimum absolute atomic E-state index is 0.119. The highest BCUT2D eigenvalue weighted by Gasteiger charge is 2.11. The first-order valence-corrected chi connectivity index (χ1v) is 6.48. The van der Waals surface area contributed by atoms with Crippen LogP contribution in [-0.2, 0) is 11.2 Å².